The first-order valence-corrected chi connectivity index (χ1v) is 4.51. The molecular weight excluding hydrogens is 170 g/mol. The number of rotatable bonds is 1. The number of aryl methyl sites for hydroxylation is 2. The van der Waals surface area contributed by atoms with Crippen molar-refractivity contribution in [1.82, 2.24) is 14.2 Å². The van der Waals surface area contributed by atoms with Gasteiger partial charge in [-0.25, -0.2) is 4.37 Å². The average molecular weight is 179 g/mol. The molecule has 0 atom stereocenters. The van der Waals surface area contributed by atoms with Gasteiger partial charge in [0.05, 0.1) is 5.69 Å². The van der Waals surface area contributed by atoms with E-state index in [1.807, 2.05) is 36.4 Å². The highest BCUT2D eigenvalue weighted by Gasteiger charge is 2.05. The third kappa shape index (κ3) is 1.14. The Morgan fingerprint density at radius 2 is 2.33 bits per heavy atom. The van der Waals surface area contributed by atoms with Crippen molar-refractivity contribution in [2.45, 2.75) is 6.92 Å². The first kappa shape index (κ1) is 7.49. The molecule has 0 aliphatic rings. The normalized spacial score (nSPS) is 10.5. The molecule has 0 saturated carbocycles. The van der Waals surface area contributed by atoms with Crippen LogP contribution >= 0.6 is 11.5 Å². The van der Waals surface area contributed by atoms with Crippen molar-refractivity contribution >= 4 is 11.5 Å². The van der Waals surface area contributed by atoms with E-state index in [0.29, 0.717) is 0 Å². The summed E-state index contributed by atoms with van der Waals surface area (Å²) < 4.78 is 5.88. The van der Waals surface area contributed by atoms with Crippen LogP contribution in [0.25, 0.3) is 11.1 Å². The third-order valence-electron chi connectivity index (χ3n) is 1.76. The van der Waals surface area contributed by atoms with E-state index < -0.39 is 0 Å². The molecule has 0 N–H and O–H groups in total. The molecule has 0 fully saturated rings. The Kier molecular flexibility index (Phi) is 1.69. The molecule has 0 unspecified atom stereocenters. The van der Waals surface area contributed by atoms with Gasteiger partial charge in [-0.15, -0.1) is 0 Å². The zero-order chi connectivity index (χ0) is 8.55. The lowest BCUT2D eigenvalue weighted by molar-refractivity contribution is 0.756. The summed E-state index contributed by atoms with van der Waals surface area (Å²) in [6.45, 7) is 2.01. The standard InChI is InChI=1S/C8H9N3S/c1-6-8(4-11(2)10-6)7-3-9-12-5-7/h3-5H,1-2H3. The van der Waals surface area contributed by atoms with Gasteiger partial charge >= 0.3 is 0 Å². The zero-order valence-electron chi connectivity index (χ0n) is 6.98. The maximum absolute atomic E-state index is 4.26. The van der Waals surface area contributed by atoms with Crippen LogP contribution in [0.2, 0.25) is 0 Å². The third-order valence-corrected chi connectivity index (χ3v) is 2.34. The summed E-state index contributed by atoms with van der Waals surface area (Å²) in [7, 11) is 1.93. The SMILES string of the molecule is Cc1nn(C)cc1-c1cnsc1. The molecule has 0 bridgehead atoms. The van der Waals surface area contributed by atoms with E-state index in [4.69, 9.17) is 0 Å². The van der Waals surface area contributed by atoms with Crippen LogP contribution in [0, 0.1) is 6.92 Å². The summed E-state index contributed by atoms with van der Waals surface area (Å²) in [5.74, 6) is 0. The van der Waals surface area contributed by atoms with E-state index in [-0.39, 0.29) is 0 Å². The van der Waals surface area contributed by atoms with Crippen molar-refractivity contribution in [3.05, 3.63) is 23.5 Å². The van der Waals surface area contributed by atoms with Crippen molar-refractivity contribution in [2.24, 2.45) is 7.05 Å². The minimum absolute atomic E-state index is 1.05. The molecule has 0 aromatic carbocycles. The van der Waals surface area contributed by atoms with Crippen LogP contribution < -0.4 is 0 Å². The van der Waals surface area contributed by atoms with Crippen LogP contribution in [-0.4, -0.2) is 14.2 Å². The van der Waals surface area contributed by atoms with Gasteiger partial charge in [0.25, 0.3) is 0 Å². The number of hydrogen-bond donors (Lipinski definition) is 0. The molecule has 0 saturated heterocycles. The Bertz CT molecular complexity index is 375. The van der Waals surface area contributed by atoms with Crippen LogP contribution in [0.1, 0.15) is 5.69 Å². The van der Waals surface area contributed by atoms with Crippen molar-refractivity contribution in [2.75, 3.05) is 0 Å². The molecule has 62 valence electrons. The van der Waals surface area contributed by atoms with Gasteiger partial charge in [0.15, 0.2) is 0 Å². The van der Waals surface area contributed by atoms with Crippen LogP contribution in [0.15, 0.2) is 17.8 Å². The van der Waals surface area contributed by atoms with Crippen LogP contribution in [0.4, 0.5) is 0 Å². The summed E-state index contributed by atoms with van der Waals surface area (Å²) in [5, 5.41) is 6.29. The molecular formula is C8H9N3S. The Morgan fingerprint density at radius 1 is 1.50 bits per heavy atom. The van der Waals surface area contributed by atoms with E-state index in [0.717, 1.165) is 11.3 Å². The lowest BCUT2D eigenvalue weighted by atomic mass is 10.2. The second-order valence-corrected chi connectivity index (χ2v) is 3.37. The lowest BCUT2D eigenvalue weighted by Gasteiger charge is -1.89. The van der Waals surface area contributed by atoms with E-state index in [9.17, 15) is 0 Å². The van der Waals surface area contributed by atoms with Crippen molar-refractivity contribution < 1.29 is 0 Å². The Balaban J connectivity index is 2.54. The molecule has 12 heavy (non-hydrogen) atoms. The molecule has 0 aliphatic carbocycles. The van der Waals surface area contributed by atoms with E-state index in [2.05, 4.69) is 9.47 Å². The molecule has 2 aromatic rings. The molecule has 2 aromatic heterocycles. The predicted molar refractivity (Wildman–Crippen MR) is 49.1 cm³/mol. The fourth-order valence-corrected chi connectivity index (χ4v) is 1.76. The summed E-state index contributed by atoms with van der Waals surface area (Å²) in [5.41, 5.74) is 3.38. The average Bonchev–Trinajstić information content (AvgIpc) is 2.58. The van der Waals surface area contributed by atoms with E-state index in [1.54, 1.807) is 0 Å². The highest BCUT2D eigenvalue weighted by Crippen LogP contribution is 2.22. The van der Waals surface area contributed by atoms with Gasteiger partial charge in [0.2, 0.25) is 0 Å². The van der Waals surface area contributed by atoms with Gasteiger partial charge in [-0.2, -0.15) is 5.10 Å². The highest BCUT2D eigenvalue weighted by molar-refractivity contribution is 7.03. The predicted octanol–water partition coefficient (Wildman–Crippen LogP) is 1.85. The quantitative estimate of drug-likeness (QED) is 0.669. The fraction of sp³-hybridized carbons (Fsp3) is 0.250. The largest absolute Gasteiger partial charge is 0.275 e. The smallest absolute Gasteiger partial charge is 0.0672 e. The van der Waals surface area contributed by atoms with E-state index in [1.165, 1.54) is 17.1 Å². The molecule has 0 spiro atoms. The molecule has 0 amide bonds. The minimum Gasteiger partial charge on any atom is -0.275 e. The van der Waals surface area contributed by atoms with Gasteiger partial charge in [-0.1, -0.05) is 0 Å². The highest BCUT2D eigenvalue weighted by atomic mass is 32.1. The minimum atomic E-state index is 1.05. The fourth-order valence-electron chi connectivity index (χ4n) is 1.22. The summed E-state index contributed by atoms with van der Waals surface area (Å²) in [6.07, 6.45) is 3.88. The maximum atomic E-state index is 4.26. The Hall–Kier alpha value is -1.16. The first-order chi connectivity index (χ1) is 5.77. The lowest BCUT2D eigenvalue weighted by Crippen LogP contribution is -1.86. The van der Waals surface area contributed by atoms with Crippen LogP contribution in [0.5, 0.6) is 0 Å². The molecule has 0 aliphatic heterocycles. The van der Waals surface area contributed by atoms with Crippen LogP contribution in [0.3, 0.4) is 0 Å². The number of nitrogens with zero attached hydrogens (tertiary/aromatic N) is 3. The molecule has 2 heterocycles. The van der Waals surface area contributed by atoms with E-state index >= 15 is 0 Å². The Morgan fingerprint density at radius 3 is 2.83 bits per heavy atom. The van der Waals surface area contributed by atoms with Crippen molar-refractivity contribution in [3.63, 3.8) is 0 Å². The van der Waals surface area contributed by atoms with Gasteiger partial charge in [0.1, 0.15) is 0 Å². The maximum Gasteiger partial charge on any atom is 0.0672 e. The number of hydrogen-bond acceptors (Lipinski definition) is 3. The van der Waals surface area contributed by atoms with Gasteiger partial charge in [0, 0.05) is 35.9 Å². The molecule has 3 nitrogen and oxygen atoms in total. The van der Waals surface area contributed by atoms with Crippen molar-refractivity contribution in [3.8, 4) is 11.1 Å². The number of aromatic nitrogens is 3. The summed E-state index contributed by atoms with van der Waals surface area (Å²) >= 11 is 1.47. The van der Waals surface area contributed by atoms with Gasteiger partial charge < -0.3 is 0 Å². The summed E-state index contributed by atoms with van der Waals surface area (Å²) in [6, 6.07) is 0. The Labute approximate surface area is 74.8 Å². The molecule has 0 radical (unpaired) electrons. The second kappa shape index (κ2) is 2.71. The van der Waals surface area contributed by atoms with Gasteiger partial charge in [-0.05, 0) is 18.5 Å². The second-order valence-electron chi connectivity index (χ2n) is 2.71. The van der Waals surface area contributed by atoms with Crippen molar-refractivity contribution in [1.29, 1.82) is 0 Å². The summed E-state index contributed by atoms with van der Waals surface area (Å²) in [4.78, 5) is 0. The monoisotopic (exact) mass is 179 g/mol. The van der Waals surface area contributed by atoms with Gasteiger partial charge in [-0.3, -0.25) is 4.68 Å². The topological polar surface area (TPSA) is 30.7 Å². The zero-order valence-corrected chi connectivity index (χ0v) is 7.80. The molecule has 2 rings (SSSR count). The first-order valence-electron chi connectivity index (χ1n) is 3.67. The molecule has 4 heteroatoms. The van der Waals surface area contributed by atoms with Crippen LogP contribution in [-0.2, 0) is 7.05 Å².